The number of benzene rings is 1. The minimum atomic E-state index is 0.423. The molecule has 0 spiro atoms. The first-order valence-corrected chi connectivity index (χ1v) is 11.5. The molecule has 2 aliphatic carbocycles. The fourth-order valence-electron chi connectivity index (χ4n) is 5.09. The van der Waals surface area contributed by atoms with Crippen LogP contribution in [0.3, 0.4) is 0 Å². The van der Waals surface area contributed by atoms with Crippen LogP contribution in [0.2, 0.25) is 0 Å². The van der Waals surface area contributed by atoms with Gasteiger partial charge in [0.15, 0.2) is 0 Å². The maximum atomic E-state index is 5.57. The first-order valence-electron chi connectivity index (χ1n) is 11.5. The third-order valence-corrected chi connectivity index (χ3v) is 7.42. The Bertz CT molecular complexity index is 702. The zero-order chi connectivity index (χ0) is 19.7. The van der Waals surface area contributed by atoms with Gasteiger partial charge in [0.2, 0.25) is 0 Å². The first-order chi connectivity index (χ1) is 13.4. The molecule has 2 heteroatoms. The largest absolute Gasteiger partial charge is 0.381 e. The van der Waals surface area contributed by atoms with Crippen molar-refractivity contribution in [2.75, 3.05) is 25.1 Å². The highest BCUT2D eigenvalue weighted by Crippen LogP contribution is 2.42. The zero-order valence-corrected chi connectivity index (χ0v) is 18.5. The Morgan fingerprint density at radius 1 is 1.04 bits per heavy atom. The predicted octanol–water partition coefficient (Wildman–Crippen LogP) is 6.48. The highest BCUT2D eigenvalue weighted by Gasteiger charge is 2.29. The summed E-state index contributed by atoms with van der Waals surface area (Å²) in [6, 6.07) is 7.35. The number of anilines is 1. The Hall–Kier alpha value is -1.28. The second kappa shape index (κ2) is 8.22. The summed E-state index contributed by atoms with van der Waals surface area (Å²) in [5.41, 5.74) is 6.61. The van der Waals surface area contributed by atoms with Crippen molar-refractivity contribution in [3.63, 3.8) is 0 Å². The lowest BCUT2D eigenvalue weighted by atomic mass is 9.72. The van der Waals surface area contributed by atoms with E-state index >= 15 is 0 Å². The first kappa shape index (κ1) is 20.0. The number of rotatable bonds is 5. The molecule has 1 aromatic rings. The highest BCUT2D eigenvalue weighted by atomic mass is 16.5. The van der Waals surface area contributed by atoms with E-state index in [0.717, 1.165) is 37.8 Å². The molecule has 1 unspecified atom stereocenters. The lowest BCUT2D eigenvalue weighted by Gasteiger charge is -2.35. The van der Waals surface area contributed by atoms with Crippen molar-refractivity contribution in [3.8, 4) is 0 Å². The lowest BCUT2D eigenvalue weighted by molar-refractivity contribution is 0.0819. The summed E-state index contributed by atoms with van der Waals surface area (Å²) in [6.45, 7) is 9.44. The van der Waals surface area contributed by atoms with E-state index in [4.69, 9.17) is 4.74 Å². The molecule has 4 rings (SSSR count). The van der Waals surface area contributed by atoms with Gasteiger partial charge in [-0.05, 0) is 97.5 Å². The summed E-state index contributed by atoms with van der Waals surface area (Å²) < 4.78 is 5.57. The van der Waals surface area contributed by atoms with Crippen molar-refractivity contribution in [1.82, 2.24) is 0 Å². The van der Waals surface area contributed by atoms with Crippen LogP contribution in [0, 0.1) is 17.3 Å². The Morgan fingerprint density at radius 2 is 1.79 bits per heavy atom. The molecule has 2 nitrogen and oxygen atoms in total. The predicted molar refractivity (Wildman–Crippen MR) is 120 cm³/mol. The van der Waals surface area contributed by atoms with Crippen LogP contribution in [0.15, 0.2) is 24.3 Å². The average Bonchev–Trinajstić information content (AvgIpc) is 3.52. The van der Waals surface area contributed by atoms with E-state index in [-0.39, 0.29) is 0 Å². The topological polar surface area (TPSA) is 12.5 Å². The normalized spacial score (nSPS) is 24.4. The molecule has 28 heavy (non-hydrogen) atoms. The highest BCUT2D eigenvalue weighted by molar-refractivity contribution is 5.72. The maximum absolute atomic E-state index is 5.57. The lowest BCUT2D eigenvalue weighted by Crippen LogP contribution is -2.36. The van der Waals surface area contributed by atoms with E-state index in [1.807, 2.05) is 7.11 Å². The Labute approximate surface area is 172 Å². The van der Waals surface area contributed by atoms with Crippen LogP contribution in [0.1, 0.15) is 76.8 Å². The minimum Gasteiger partial charge on any atom is -0.381 e. The summed E-state index contributed by atoms with van der Waals surface area (Å²) in [6.07, 6.45) is 13.3. The zero-order valence-electron chi connectivity index (χ0n) is 18.5. The van der Waals surface area contributed by atoms with Gasteiger partial charge >= 0.3 is 0 Å². The van der Waals surface area contributed by atoms with Crippen LogP contribution in [0.25, 0.3) is 5.57 Å². The molecule has 0 N–H and O–H groups in total. The van der Waals surface area contributed by atoms with Gasteiger partial charge < -0.3 is 9.64 Å². The fourth-order valence-corrected chi connectivity index (χ4v) is 5.09. The SMILES string of the molecule is COC1CCN(c2ccc(CC3CC3)c(C3=CCC(C(C)(C)C)CC3)c2)CC1. The van der Waals surface area contributed by atoms with Gasteiger partial charge in [-0.15, -0.1) is 0 Å². The van der Waals surface area contributed by atoms with Crippen molar-refractivity contribution in [2.24, 2.45) is 17.3 Å². The summed E-state index contributed by atoms with van der Waals surface area (Å²) in [4.78, 5) is 2.57. The second-order valence-corrected chi connectivity index (χ2v) is 10.5. The summed E-state index contributed by atoms with van der Waals surface area (Å²) in [5, 5.41) is 0. The van der Waals surface area contributed by atoms with Crippen molar-refractivity contribution in [1.29, 1.82) is 0 Å². The fraction of sp³-hybridized carbons (Fsp3) is 0.692. The van der Waals surface area contributed by atoms with Gasteiger partial charge in [0, 0.05) is 25.9 Å². The molecular weight excluding hydrogens is 342 g/mol. The Balaban J connectivity index is 1.56. The van der Waals surface area contributed by atoms with Gasteiger partial charge in [0.1, 0.15) is 0 Å². The van der Waals surface area contributed by atoms with Crippen molar-refractivity contribution in [2.45, 2.75) is 78.2 Å². The molecule has 154 valence electrons. The summed E-state index contributed by atoms with van der Waals surface area (Å²) in [7, 11) is 1.85. The van der Waals surface area contributed by atoms with E-state index in [1.54, 1.807) is 16.7 Å². The molecule has 1 saturated heterocycles. The molecule has 0 aromatic heterocycles. The van der Waals surface area contributed by atoms with Gasteiger partial charge in [0.25, 0.3) is 0 Å². The minimum absolute atomic E-state index is 0.423. The van der Waals surface area contributed by atoms with Gasteiger partial charge in [0.05, 0.1) is 6.10 Å². The smallest absolute Gasteiger partial charge is 0.0605 e. The molecule has 1 heterocycles. The number of hydrogen-bond acceptors (Lipinski definition) is 2. The van der Waals surface area contributed by atoms with E-state index in [0.29, 0.717) is 11.5 Å². The number of allylic oxidation sites excluding steroid dienone is 2. The van der Waals surface area contributed by atoms with E-state index in [9.17, 15) is 0 Å². The van der Waals surface area contributed by atoms with Crippen LogP contribution < -0.4 is 4.90 Å². The summed E-state index contributed by atoms with van der Waals surface area (Å²) >= 11 is 0. The van der Waals surface area contributed by atoms with Crippen LogP contribution in [-0.4, -0.2) is 26.3 Å². The van der Waals surface area contributed by atoms with Crippen LogP contribution >= 0.6 is 0 Å². The van der Waals surface area contributed by atoms with Crippen molar-refractivity contribution in [3.05, 3.63) is 35.4 Å². The van der Waals surface area contributed by atoms with Crippen LogP contribution in [0.5, 0.6) is 0 Å². The molecule has 1 atom stereocenters. The van der Waals surface area contributed by atoms with E-state index in [1.165, 1.54) is 44.2 Å². The number of methoxy groups -OCH3 is 1. The van der Waals surface area contributed by atoms with Crippen molar-refractivity contribution < 1.29 is 4.74 Å². The molecule has 1 aromatic carbocycles. The molecule has 1 saturated carbocycles. The van der Waals surface area contributed by atoms with Gasteiger partial charge in [-0.1, -0.05) is 32.9 Å². The number of nitrogens with zero attached hydrogens (tertiary/aromatic N) is 1. The number of ether oxygens (including phenoxy) is 1. The molecule has 2 fully saturated rings. The average molecular weight is 382 g/mol. The third-order valence-electron chi connectivity index (χ3n) is 7.42. The Morgan fingerprint density at radius 3 is 2.36 bits per heavy atom. The molecule has 0 amide bonds. The van der Waals surface area contributed by atoms with E-state index in [2.05, 4.69) is 49.9 Å². The molecular formula is C26H39NO. The van der Waals surface area contributed by atoms with Gasteiger partial charge in [-0.25, -0.2) is 0 Å². The molecule has 0 bridgehead atoms. The van der Waals surface area contributed by atoms with Gasteiger partial charge in [-0.2, -0.15) is 0 Å². The monoisotopic (exact) mass is 381 g/mol. The quantitative estimate of drug-likeness (QED) is 0.578. The third kappa shape index (κ3) is 4.64. The standard InChI is InChI=1S/C26H39NO/c1-26(2,3)22-10-7-20(8-11-22)25-18-23(12-9-21(25)17-19-5-6-19)27-15-13-24(28-4)14-16-27/h7,9,12,18-19,22,24H,5-6,8,10-11,13-17H2,1-4H3. The van der Waals surface area contributed by atoms with Crippen LogP contribution in [0.4, 0.5) is 5.69 Å². The van der Waals surface area contributed by atoms with Crippen molar-refractivity contribution >= 4 is 11.3 Å². The molecule has 1 aliphatic heterocycles. The second-order valence-electron chi connectivity index (χ2n) is 10.5. The Kier molecular flexibility index (Phi) is 5.88. The van der Waals surface area contributed by atoms with Gasteiger partial charge in [-0.3, -0.25) is 0 Å². The molecule has 0 radical (unpaired) electrons. The van der Waals surface area contributed by atoms with E-state index < -0.39 is 0 Å². The number of hydrogen-bond donors (Lipinski definition) is 0. The summed E-state index contributed by atoms with van der Waals surface area (Å²) in [5.74, 6) is 1.76. The number of piperidine rings is 1. The maximum Gasteiger partial charge on any atom is 0.0605 e. The van der Waals surface area contributed by atoms with Crippen LogP contribution in [-0.2, 0) is 11.2 Å². The molecule has 3 aliphatic rings.